The molecule has 15 heavy (non-hydrogen) atoms. The Kier molecular flexibility index (Phi) is 4.99. The topological polar surface area (TPSA) is 29.1 Å². The van der Waals surface area contributed by atoms with Crippen LogP contribution in [0.25, 0.3) is 0 Å². The molecule has 2 nitrogen and oxygen atoms in total. The van der Waals surface area contributed by atoms with Crippen LogP contribution in [0.2, 0.25) is 0 Å². The van der Waals surface area contributed by atoms with Crippen molar-refractivity contribution in [2.75, 3.05) is 13.6 Å². The van der Waals surface area contributed by atoms with Crippen LogP contribution in [0.1, 0.15) is 23.6 Å². The maximum Gasteiger partial charge on any atom is 0.142 e. The van der Waals surface area contributed by atoms with Gasteiger partial charge < -0.3 is 5.32 Å². The van der Waals surface area contributed by atoms with Crippen LogP contribution >= 0.6 is 11.3 Å². The predicted octanol–water partition coefficient (Wildman–Crippen LogP) is 2.28. The van der Waals surface area contributed by atoms with Gasteiger partial charge in [0.15, 0.2) is 0 Å². The zero-order chi connectivity index (χ0) is 11.3. The van der Waals surface area contributed by atoms with E-state index < -0.39 is 0 Å². The normalized spacial score (nSPS) is 12.7. The molecule has 0 saturated carbocycles. The second-order valence-corrected chi connectivity index (χ2v) is 5.08. The number of nitrogens with one attached hydrogen (secondary N) is 1. The molecular weight excluding hydrogens is 206 g/mol. The molecule has 3 heteroatoms. The molecule has 1 unspecified atom stereocenters. The fourth-order valence-electron chi connectivity index (χ4n) is 1.47. The highest BCUT2D eigenvalue weighted by molar-refractivity contribution is 7.12. The lowest BCUT2D eigenvalue weighted by molar-refractivity contribution is -0.121. The van der Waals surface area contributed by atoms with Crippen molar-refractivity contribution >= 4 is 17.1 Å². The van der Waals surface area contributed by atoms with Gasteiger partial charge in [-0.25, -0.2) is 0 Å². The average Bonchev–Trinajstić information content (AvgIpc) is 2.66. The van der Waals surface area contributed by atoms with E-state index >= 15 is 0 Å². The summed E-state index contributed by atoms with van der Waals surface area (Å²) in [5.74, 6) is 0.441. The number of hydrogen-bond acceptors (Lipinski definition) is 3. The summed E-state index contributed by atoms with van der Waals surface area (Å²) in [5, 5.41) is 3.03. The molecule has 0 fully saturated rings. The molecular formula is C12H19NOS. The smallest absolute Gasteiger partial charge is 0.142 e. The van der Waals surface area contributed by atoms with Crippen LogP contribution in [0.3, 0.4) is 0 Å². The van der Waals surface area contributed by atoms with Gasteiger partial charge in [0, 0.05) is 28.6 Å². The lowest BCUT2D eigenvalue weighted by atomic mass is 10.0. The summed E-state index contributed by atoms with van der Waals surface area (Å²) in [5.41, 5.74) is 0. The van der Waals surface area contributed by atoms with Crippen molar-refractivity contribution in [3.8, 4) is 0 Å². The molecule has 0 spiro atoms. The van der Waals surface area contributed by atoms with E-state index in [0.717, 1.165) is 13.0 Å². The number of hydrogen-bond donors (Lipinski definition) is 1. The van der Waals surface area contributed by atoms with Crippen LogP contribution < -0.4 is 5.32 Å². The molecule has 0 aliphatic carbocycles. The lowest BCUT2D eigenvalue weighted by Gasteiger charge is -2.08. The molecule has 1 heterocycles. The largest absolute Gasteiger partial charge is 0.319 e. The fraction of sp³-hybridized carbons (Fsp3) is 0.583. The lowest BCUT2D eigenvalue weighted by Crippen LogP contribution is -2.24. The van der Waals surface area contributed by atoms with Crippen LogP contribution in [0, 0.1) is 5.92 Å². The molecule has 1 N–H and O–H groups in total. The molecule has 1 aromatic rings. The van der Waals surface area contributed by atoms with Gasteiger partial charge in [0.05, 0.1) is 0 Å². The van der Waals surface area contributed by atoms with Crippen LogP contribution in [0.15, 0.2) is 12.1 Å². The van der Waals surface area contributed by atoms with Gasteiger partial charge in [-0.2, -0.15) is 0 Å². The van der Waals surface area contributed by atoms with Gasteiger partial charge in [0.2, 0.25) is 0 Å². The number of aryl methyl sites for hydroxylation is 1. The van der Waals surface area contributed by atoms with Gasteiger partial charge in [-0.15, -0.1) is 11.3 Å². The minimum absolute atomic E-state index is 0.113. The summed E-state index contributed by atoms with van der Waals surface area (Å²) in [4.78, 5) is 14.3. The van der Waals surface area contributed by atoms with E-state index in [0.29, 0.717) is 12.2 Å². The average molecular weight is 225 g/mol. The number of carbonyl (C=O) groups is 1. The van der Waals surface area contributed by atoms with Crippen molar-refractivity contribution in [1.29, 1.82) is 0 Å². The van der Waals surface area contributed by atoms with Gasteiger partial charge in [0.1, 0.15) is 5.78 Å². The zero-order valence-electron chi connectivity index (χ0n) is 9.67. The molecule has 0 bridgehead atoms. The van der Waals surface area contributed by atoms with E-state index in [1.54, 1.807) is 11.3 Å². The van der Waals surface area contributed by atoms with E-state index in [1.807, 2.05) is 14.0 Å². The van der Waals surface area contributed by atoms with Crippen LogP contribution in [-0.4, -0.2) is 19.4 Å². The van der Waals surface area contributed by atoms with Crippen molar-refractivity contribution in [3.63, 3.8) is 0 Å². The number of Topliss-reactive ketones (excluding diaryl/α,β-unsaturated/α-hetero) is 1. The second kappa shape index (κ2) is 6.03. The third-order valence-corrected chi connectivity index (χ3v) is 3.70. The number of carbonyl (C=O) groups excluding carboxylic acids is 1. The molecule has 0 aliphatic rings. The van der Waals surface area contributed by atoms with Crippen molar-refractivity contribution in [2.24, 2.45) is 5.92 Å². The Hall–Kier alpha value is -0.670. The van der Waals surface area contributed by atoms with Crippen molar-refractivity contribution in [3.05, 3.63) is 21.9 Å². The molecule has 0 aromatic carbocycles. The Morgan fingerprint density at radius 2 is 2.13 bits per heavy atom. The van der Waals surface area contributed by atoms with Crippen LogP contribution in [0.5, 0.6) is 0 Å². The summed E-state index contributed by atoms with van der Waals surface area (Å²) >= 11 is 1.76. The molecule has 84 valence electrons. The maximum absolute atomic E-state index is 11.8. The van der Waals surface area contributed by atoms with E-state index in [2.05, 4.69) is 24.4 Å². The monoisotopic (exact) mass is 225 g/mol. The maximum atomic E-state index is 11.8. The number of ketones is 1. The summed E-state index contributed by atoms with van der Waals surface area (Å²) in [6.07, 6.45) is 1.65. The second-order valence-electron chi connectivity index (χ2n) is 3.82. The quantitative estimate of drug-likeness (QED) is 0.804. The van der Waals surface area contributed by atoms with Gasteiger partial charge in [-0.05, 0) is 25.6 Å². The van der Waals surface area contributed by atoms with Crippen molar-refractivity contribution in [2.45, 2.75) is 26.7 Å². The van der Waals surface area contributed by atoms with Crippen molar-refractivity contribution < 1.29 is 4.79 Å². The van der Waals surface area contributed by atoms with E-state index in [1.165, 1.54) is 9.75 Å². The Labute approximate surface area is 95.7 Å². The van der Waals surface area contributed by atoms with E-state index in [-0.39, 0.29) is 5.92 Å². The molecule has 1 atom stereocenters. The summed E-state index contributed by atoms with van der Waals surface area (Å²) in [6.45, 7) is 4.89. The summed E-state index contributed by atoms with van der Waals surface area (Å²) < 4.78 is 0. The molecule has 0 saturated heterocycles. The highest BCUT2D eigenvalue weighted by Crippen LogP contribution is 2.18. The Balaban J connectivity index is 2.50. The Morgan fingerprint density at radius 3 is 2.67 bits per heavy atom. The van der Waals surface area contributed by atoms with Gasteiger partial charge in [-0.1, -0.05) is 13.8 Å². The van der Waals surface area contributed by atoms with Crippen LogP contribution in [-0.2, 0) is 17.6 Å². The number of rotatable bonds is 6. The predicted molar refractivity (Wildman–Crippen MR) is 65.5 cm³/mol. The Morgan fingerprint density at radius 1 is 1.47 bits per heavy atom. The molecule has 1 rings (SSSR count). The SMILES string of the molecule is CCc1ccc(CC(=O)C(C)CNC)s1. The summed E-state index contributed by atoms with van der Waals surface area (Å²) in [7, 11) is 1.88. The molecule has 0 amide bonds. The van der Waals surface area contributed by atoms with Crippen molar-refractivity contribution in [1.82, 2.24) is 5.32 Å². The van der Waals surface area contributed by atoms with Crippen LogP contribution in [0.4, 0.5) is 0 Å². The summed E-state index contributed by atoms with van der Waals surface area (Å²) in [6, 6.07) is 4.20. The highest BCUT2D eigenvalue weighted by atomic mass is 32.1. The van der Waals surface area contributed by atoms with Gasteiger partial charge >= 0.3 is 0 Å². The molecule has 0 radical (unpaired) electrons. The first-order valence-electron chi connectivity index (χ1n) is 5.42. The standard InChI is InChI=1S/C12H19NOS/c1-4-10-5-6-11(15-10)7-12(14)9(2)8-13-3/h5-6,9,13H,4,7-8H2,1-3H3. The highest BCUT2D eigenvalue weighted by Gasteiger charge is 2.13. The van der Waals surface area contributed by atoms with Gasteiger partial charge in [0.25, 0.3) is 0 Å². The number of thiophene rings is 1. The zero-order valence-corrected chi connectivity index (χ0v) is 10.5. The fourth-order valence-corrected chi connectivity index (χ4v) is 2.44. The molecule has 1 aromatic heterocycles. The third kappa shape index (κ3) is 3.76. The minimum Gasteiger partial charge on any atom is -0.319 e. The first-order chi connectivity index (χ1) is 7.17. The third-order valence-electron chi connectivity index (χ3n) is 2.47. The van der Waals surface area contributed by atoms with Gasteiger partial charge in [-0.3, -0.25) is 4.79 Å². The first-order valence-corrected chi connectivity index (χ1v) is 6.24. The van der Waals surface area contributed by atoms with E-state index in [4.69, 9.17) is 0 Å². The minimum atomic E-state index is 0.113. The molecule has 0 aliphatic heterocycles. The Bertz CT molecular complexity index is 319. The van der Waals surface area contributed by atoms with E-state index in [9.17, 15) is 4.79 Å². The first kappa shape index (κ1) is 12.4.